The minimum absolute atomic E-state index is 0.113. The van der Waals surface area contributed by atoms with E-state index in [1.54, 1.807) is 19.2 Å². The van der Waals surface area contributed by atoms with E-state index >= 15 is 0 Å². The number of nitrogens with one attached hydrogen (secondary N) is 1. The number of H-pyrrole nitrogens is 1. The molecule has 200 valence electrons. The molecule has 0 saturated carbocycles. The molecule has 1 aliphatic heterocycles. The second-order valence-electron chi connectivity index (χ2n) is 10.2. The van der Waals surface area contributed by atoms with Gasteiger partial charge in [-0.05, 0) is 67.8 Å². The van der Waals surface area contributed by atoms with E-state index < -0.39 is 0 Å². The highest BCUT2D eigenvalue weighted by Gasteiger charge is 2.25. The number of halogens is 1. The molecular formula is C30H31FN6O2. The molecule has 3 aromatic heterocycles. The van der Waals surface area contributed by atoms with Crippen LogP contribution in [0, 0.1) is 11.7 Å². The zero-order valence-electron chi connectivity index (χ0n) is 22.2. The van der Waals surface area contributed by atoms with Crippen LogP contribution in [0.5, 0.6) is 5.75 Å². The van der Waals surface area contributed by atoms with Gasteiger partial charge in [-0.15, -0.1) is 10.2 Å². The number of pyridine rings is 1. The van der Waals surface area contributed by atoms with Crippen molar-refractivity contribution in [1.29, 1.82) is 0 Å². The topological polar surface area (TPSA) is 88.4 Å². The Hall–Kier alpha value is -4.11. The maximum atomic E-state index is 14.5. The number of carbonyl (C=O) groups is 1. The molecule has 1 fully saturated rings. The van der Waals surface area contributed by atoms with Gasteiger partial charge in [0.05, 0.1) is 12.6 Å². The fraction of sp³-hybridized carbons (Fsp3) is 0.333. The largest absolute Gasteiger partial charge is 0.496 e. The molecule has 1 atom stereocenters. The van der Waals surface area contributed by atoms with Crippen molar-refractivity contribution < 1.29 is 13.9 Å². The Labute approximate surface area is 225 Å². The summed E-state index contributed by atoms with van der Waals surface area (Å²) >= 11 is 0. The molecule has 8 nitrogen and oxygen atoms in total. The zero-order valence-corrected chi connectivity index (χ0v) is 22.2. The highest BCUT2D eigenvalue weighted by Crippen LogP contribution is 2.30. The predicted octanol–water partition coefficient (Wildman–Crippen LogP) is 5.47. The minimum Gasteiger partial charge on any atom is -0.496 e. The molecule has 39 heavy (non-hydrogen) atoms. The van der Waals surface area contributed by atoms with Crippen LogP contribution in [0.2, 0.25) is 0 Å². The van der Waals surface area contributed by atoms with Crippen molar-refractivity contribution in [3.63, 3.8) is 0 Å². The van der Waals surface area contributed by atoms with E-state index in [-0.39, 0.29) is 17.5 Å². The van der Waals surface area contributed by atoms with E-state index in [9.17, 15) is 9.18 Å². The van der Waals surface area contributed by atoms with E-state index in [4.69, 9.17) is 4.74 Å². The number of hydrogen-bond acceptors (Lipinski definition) is 6. The third kappa shape index (κ3) is 4.90. The quantitative estimate of drug-likeness (QED) is 0.270. The molecule has 2 aromatic carbocycles. The summed E-state index contributed by atoms with van der Waals surface area (Å²) in [5.41, 5.74) is 4.64. The van der Waals surface area contributed by atoms with Crippen LogP contribution in [-0.4, -0.2) is 55.7 Å². The van der Waals surface area contributed by atoms with Crippen molar-refractivity contribution >= 4 is 22.3 Å². The van der Waals surface area contributed by atoms with Gasteiger partial charge in [-0.2, -0.15) is 5.10 Å². The number of rotatable bonds is 8. The maximum absolute atomic E-state index is 14.5. The summed E-state index contributed by atoms with van der Waals surface area (Å²) in [5, 5.41) is 17.0. The molecule has 0 bridgehead atoms. The number of ether oxygens (including phenoxy) is 1. The molecule has 0 unspecified atom stereocenters. The molecule has 4 heterocycles. The van der Waals surface area contributed by atoms with Gasteiger partial charge in [0.2, 0.25) is 0 Å². The van der Waals surface area contributed by atoms with E-state index in [0.29, 0.717) is 29.8 Å². The van der Waals surface area contributed by atoms with Gasteiger partial charge in [-0.3, -0.25) is 19.2 Å². The summed E-state index contributed by atoms with van der Waals surface area (Å²) in [4.78, 5) is 15.6. The average molecular weight is 527 g/mol. The number of hydrogen-bond donors (Lipinski definition) is 1. The van der Waals surface area contributed by atoms with Crippen molar-refractivity contribution in [2.75, 3.05) is 20.2 Å². The normalized spacial score (nSPS) is 16.2. The van der Waals surface area contributed by atoms with Crippen LogP contribution in [-0.2, 0) is 13.0 Å². The monoisotopic (exact) mass is 526 g/mol. The van der Waals surface area contributed by atoms with Crippen LogP contribution in [0.3, 0.4) is 0 Å². The number of aromatic nitrogens is 5. The SMILES string of the molecule is CCc1nnc2ccc(-c3n[nH]c4ccc(C(=O)C[C@@H]5CCCN(Cc6c(F)cccc6OC)C5)cc34)cn12. The molecule has 6 rings (SSSR count). The number of aryl methyl sites for hydroxylation is 1. The van der Waals surface area contributed by atoms with E-state index in [1.165, 1.54) is 6.07 Å². The number of Topliss-reactive ketones (excluding diaryl/α,β-unsaturated/α-hetero) is 1. The number of benzene rings is 2. The molecule has 0 aliphatic carbocycles. The Morgan fingerprint density at radius 2 is 2.08 bits per heavy atom. The van der Waals surface area contributed by atoms with Gasteiger partial charge < -0.3 is 4.74 Å². The zero-order chi connectivity index (χ0) is 26.9. The standard InChI is InChI=1S/C30H31FN6O2/c1-3-28-33-34-29-12-10-21(17-37(28)29)30-22-15-20(9-11-25(22)32-35-30)26(38)14-19-6-5-13-36(16-19)18-23-24(31)7-4-8-27(23)39-2/h4,7-12,15,17,19H,3,5-6,13-14,16,18H2,1-2H3,(H,32,35)/t19-/m0/s1. The van der Waals surface area contributed by atoms with Gasteiger partial charge in [-0.25, -0.2) is 4.39 Å². The summed E-state index contributed by atoms with van der Waals surface area (Å²) in [6.45, 7) is 4.15. The first-order valence-corrected chi connectivity index (χ1v) is 13.4. The van der Waals surface area contributed by atoms with E-state index in [0.717, 1.165) is 66.0 Å². The highest BCUT2D eigenvalue weighted by atomic mass is 19.1. The number of likely N-dealkylation sites (tertiary alicyclic amines) is 1. The number of nitrogens with zero attached hydrogens (tertiary/aromatic N) is 5. The molecule has 0 radical (unpaired) electrons. The Bertz CT molecular complexity index is 1660. The summed E-state index contributed by atoms with van der Waals surface area (Å²) < 4.78 is 21.9. The lowest BCUT2D eigenvalue weighted by Gasteiger charge is -2.32. The lowest BCUT2D eigenvalue weighted by molar-refractivity contribution is 0.0911. The summed E-state index contributed by atoms with van der Waals surface area (Å²) in [5.74, 6) is 1.52. The molecular weight excluding hydrogens is 495 g/mol. The number of fused-ring (bicyclic) bond motifs is 2. The Morgan fingerprint density at radius 1 is 1.18 bits per heavy atom. The first-order chi connectivity index (χ1) is 19.0. The third-order valence-corrected chi connectivity index (χ3v) is 7.70. The molecule has 1 N–H and O–H groups in total. The van der Waals surface area contributed by atoms with Crippen molar-refractivity contribution in [3.05, 3.63) is 77.5 Å². The van der Waals surface area contributed by atoms with Crippen LogP contribution >= 0.6 is 0 Å². The van der Waals surface area contributed by atoms with Crippen molar-refractivity contribution in [1.82, 2.24) is 29.7 Å². The first kappa shape index (κ1) is 25.2. The van der Waals surface area contributed by atoms with Gasteiger partial charge >= 0.3 is 0 Å². The Kier molecular flexibility index (Phi) is 6.83. The van der Waals surface area contributed by atoms with Gasteiger partial charge in [0.25, 0.3) is 0 Å². The van der Waals surface area contributed by atoms with Crippen LogP contribution in [0.25, 0.3) is 27.8 Å². The molecule has 1 aliphatic rings. The Morgan fingerprint density at radius 3 is 2.92 bits per heavy atom. The highest BCUT2D eigenvalue weighted by molar-refractivity contribution is 6.02. The summed E-state index contributed by atoms with van der Waals surface area (Å²) in [7, 11) is 1.56. The average Bonchev–Trinajstić information content (AvgIpc) is 3.57. The predicted molar refractivity (Wildman–Crippen MR) is 147 cm³/mol. The lowest BCUT2D eigenvalue weighted by atomic mass is 9.90. The van der Waals surface area contributed by atoms with Gasteiger partial charge in [0.1, 0.15) is 23.1 Å². The Balaban J connectivity index is 1.20. The molecule has 0 spiro atoms. The molecule has 1 saturated heterocycles. The lowest BCUT2D eigenvalue weighted by Crippen LogP contribution is -2.36. The summed E-state index contributed by atoms with van der Waals surface area (Å²) in [6.07, 6.45) is 5.19. The second kappa shape index (κ2) is 10.6. The van der Waals surface area contributed by atoms with Gasteiger partial charge in [-0.1, -0.05) is 13.0 Å². The van der Waals surface area contributed by atoms with Crippen molar-refractivity contribution in [3.8, 4) is 17.0 Å². The van der Waals surface area contributed by atoms with Crippen LogP contribution in [0.4, 0.5) is 4.39 Å². The number of carbonyl (C=O) groups excluding carboxylic acids is 1. The number of piperidine rings is 1. The van der Waals surface area contributed by atoms with Crippen LogP contribution < -0.4 is 4.74 Å². The second-order valence-corrected chi connectivity index (χ2v) is 10.2. The first-order valence-electron chi connectivity index (χ1n) is 13.4. The fourth-order valence-electron chi connectivity index (χ4n) is 5.68. The third-order valence-electron chi connectivity index (χ3n) is 7.70. The molecule has 0 amide bonds. The number of methoxy groups -OCH3 is 1. The summed E-state index contributed by atoms with van der Waals surface area (Å²) in [6, 6.07) is 14.6. The molecule has 5 aromatic rings. The smallest absolute Gasteiger partial charge is 0.163 e. The molecule has 9 heteroatoms. The van der Waals surface area contributed by atoms with Gasteiger partial charge in [0.15, 0.2) is 11.4 Å². The van der Waals surface area contributed by atoms with Gasteiger partial charge in [0, 0.05) is 54.2 Å². The van der Waals surface area contributed by atoms with Crippen LogP contribution in [0.15, 0.2) is 54.7 Å². The number of aromatic amines is 1. The van der Waals surface area contributed by atoms with E-state index in [1.807, 2.05) is 47.9 Å². The maximum Gasteiger partial charge on any atom is 0.163 e. The van der Waals surface area contributed by atoms with Crippen molar-refractivity contribution in [2.45, 2.75) is 39.2 Å². The number of ketones is 1. The van der Waals surface area contributed by atoms with Crippen LogP contribution in [0.1, 0.15) is 47.9 Å². The van der Waals surface area contributed by atoms with Crippen molar-refractivity contribution in [2.24, 2.45) is 5.92 Å². The fourth-order valence-corrected chi connectivity index (χ4v) is 5.68. The van der Waals surface area contributed by atoms with E-state index in [2.05, 4.69) is 25.3 Å². The minimum atomic E-state index is -0.258.